The van der Waals surface area contributed by atoms with Crippen LogP contribution in [0, 0.1) is 6.92 Å². The predicted octanol–water partition coefficient (Wildman–Crippen LogP) is 5.41. The summed E-state index contributed by atoms with van der Waals surface area (Å²) in [6.45, 7) is 3.13. The van der Waals surface area contributed by atoms with Crippen LogP contribution in [-0.4, -0.2) is 44.2 Å². The van der Waals surface area contributed by atoms with Crippen molar-refractivity contribution < 1.29 is 14.6 Å². The molecule has 5 rings (SSSR count). The summed E-state index contributed by atoms with van der Waals surface area (Å²) in [6.07, 6.45) is 1.69. The second-order valence-corrected chi connectivity index (χ2v) is 9.49. The van der Waals surface area contributed by atoms with Crippen LogP contribution in [-0.2, 0) is 6.54 Å². The standard InChI is InChI=1S/C28H25BrN6O3/c1-16-3-2-4-24(33-16)27-26(17-5-8-23-18(11-17)12-20(14-32-23)38-10-9-30)34-25(35-27)15-31-19-6-7-22(29)21(13-19)28(36)37/h2-8,11-14,31H,9-10,15,30H2,1H3,(H,34,35)(H,36,37). The number of aryl methyl sites for hydroxylation is 1. The molecule has 0 unspecified atom stereocenters. The number of H-pyrrole nitrogens is 1. The average Bonchev–Trinajstić information content (AvgIpc) is 3.35. The van der Waals surface area contributed by atoms with Crippen molar-refractivity contribution in [1.82, 2.24) is 19.9 Å². The normalized spacial score (nSPS) is 11.0. The predicted molar refractivity (Wildman–Crippen MR) is 150 cm³/mol. The molecule has 3 aromatic heterocycles. The van der Waals surface area contributed by atoms with Gasteiger partial charge in [-0.25, -0.2) is 9.78 Å². The van der Waals surface area contributed by atoms with E-state index >= 15 is 0 Å². The number of anilines is 1. The maximum Gasteiger partial charge on any atom is 0.336 e. The van der Waals surface area contributed by atoms with Gasteiger partial charge in [-0.2, -0.15) is 0 Å². The molecule has 0 aliphatic heterocycles. The topological polar surface area (TPSA) is 139 Å². The molecule has 0 amide bonds. The van der Waals surface area contributed by atoms with Crippen LogP contribution in [0.2, 0.25) is 0 Å². The quantitative estimate of drug-likeness (QED) is 0.184. The zero-order valence-corrected chi connectivity index (χ0v) is 22.1. The molecule has 0 spiro atoms. The Balaban J connectivity index is 1.51. The van der Waals surface area contributed by atoms with E-state index < -0.39 is 5.97 Å². The Morgan fingerprint density at radius 1 is 1.13 bits per heavy atom. The molecule has 10 heteroatoms. The minimum atomic E-state index is -1.00. The Labute approximate surface area is 227 Å². The summed E-state index contributed by atoms with van der Waals surface area (Å²) in [6, 6.07) is 18.9. The van der Waals surface area contributed by atoms with Crippen molar-refractivity contribution in [1.29, 1.82) is 0 Å². The van der Waals surface area contributed by atoms with Crippen LogP contribution in [0.4, 0.5) is 5.69 Å². The van der Waals surface area contributed by atoms with Crippen molar-refractivity contribution in [2.75, 3.05) is 18.5 Å². The minimum absolute atomic E-state index is 0.180. The van der Waals surface area contributed by atoms with Crippen LogP contribution in [0.1, 0.15) is 21.9 Å². The Morgan fingerprint density at radius 2 is 2.00 bits per heavy atom. The van der Waals surface area contributed by atoms with E-state index in [-0.39, 0.29) is 5.56 Å². The van der Waals surface area contributed by atoms with Crippen molar-refractivity contribution in [2.24, 2.45) is 5.73 Å². The fourth-order valence-corrected chi connectivity index (χ4v) is 4.50. The highest BCUT2D eigenvalue weighted by Gasteiger charge is 2.17. The molecule has 5 aromatic rings. The Hall–Kier alpha value is -4.28. The zero-order valence-electron chi connectivity index (χ0n) is 20.5. The number of pyridine rings is 2. The third kappa shape index (κ3) is 5.51. The number of benzene rings is 2. The van der Waals surface area contributed by atoms with Gasteiger partial charge in [0.25, 0.3) is 0 Å². The van der Waals surface area contributed by atoms with Crippen molar-refractivity contribution in [3.8, 4) is 28.4 Å². The van der Waals surface area contributed by atoms with Crippen LogP contribution >= 0.6 is 15.9 Å². The first-order valence-corrected chi connectivity index (χ1v) is 12.7. The van der Waals surface area contributed by atoms with E-state index in [0.29, 0.717) is 41.4 Å². The molecule has 3 heterocycles. The number of carboxylic acid groups (broad SMARTS) is 1. The first-order valence-electron chi connectivity index (χ1n) is 11.9. The summed E-state index contributed by atoms with van der Waals surface area (Å²) in [5.74, 6) is 0.331. The number of aromatic nitrogens is 4. The lowest BCUT2D eigenvalue weighted by Crippen LogP contribution is -2.10. The molecule has 0 aliphatic rings. The third-order valence-electron chi connectivity index (χ3n) is 5.87. The maximum absolute atomic E-state index is 11.5. The van der Waals surface area contributed by atoms with Crippen molar-refractivity contribution in [2.45, 2.75) is 13.5 Å². The number of halogens is 1. The molecular weight excluding hydrogens is 548 g/mol. The molecule has 0 atom stereocenters. The highest BCUT2D eigenvalue weighted by Crippen LogP contribution is 2.32. The fraction of sp³-hybridized carbons (Fsp3) is 0.143. The van der Waals surface area contributed by atoms with E-state index in [4.69, 9.17) is 20.4 Å². The van der Waals surface area contributed by atoms with Crippen molar-refractivity contribution in [3.63, 3.8) is 0 Å². The number of rotatable bonds is 9. The third-order valence-corrected chi connectivity index (χ3v) is 6.56. The molecule has 38 heavy (non-hydrogen) atoms. The molecule has 0 fully saturated rings. The lowest BCUT2D eigenvalue weighted by Gasteiger charge is -2.08. The van der Waals surface area contributed by atoms with Crippen molar-refractivity contribution >= 4 is 38.5 Å². The van der Waals surface area contributed by atoms with Crippen LogP contribution in [0.15, 0.2) is 71.3 Å². The molecule has 0 aliphatic carbocycles. The first-order chi connectivity index (χ1) is 18.4. The van der Waals surface area contributed by atoms with Gasteiger partial charge in [-0.15, -0.1) is 0 Å². The van der Waals surface area contributed by atoms with Gasteiger partial charge in [0.2, 0.25) is 0 Å². The van der Waals surface area contributed by atoms with Gasteiger partial charge < -0.3 is 25.9 Å². The van der Waals surface area contributed by atoms with E-state index in [9.17, 15) is 9.90 Å². The van der Waals surface area contributed by atoms with Gasteiger partial charge in [0.1, 0.15) is 23.9 Å². The molecule has 192 valence electrons. The lowest BCUT2D eigenvalue weighted by atomic mass is 10.1. The highest BCUT2D eigenvalue weighted by molar-refractivity contribution is 9.10. The van der Waals surface area contributed by atoms with E-state index in [1.54, 1.807) is 18.3 Å². The summed E-state index contributed by atoms with van der Waals surface area (Å²) < 4.78 is 6.18. The summed E-state index contributed by atoms with van der Waals surface area (Å²) in [5.41, 5.74) is 11.3. The maximum atomic E-state index is 11.5. The number of nitrogens with two attached hydrogens (primary N) is 1. The number of aromatic carboxylic acids is 1. The first kappa shape index (κ1) is 25.4. The number of fused-ring (bicyclic) bond motifs is 1. The fourth-order valence-electron chi connectivity index (χ4n) is 4.08. The SMILES string of the molecule is Cc1cccc(-c2nc(CNc3ccc(Br)c(C(=O)O)c3)[nH]c2-c2ccc3ncc(OCCN)cc3c2)n1. The zero-order chi connectivity index (χ0) is 26.6. The van der Waals surface area contributed by atoms with Gasteiger partial charge in [0.05, 0.1) is 35.2 Å². The van der Waals surface area contributed by atoms with Gasteiger partial charge in [0.15, 0.2) is 0 Å². The molecule has 9 nitrogen and oxygen atoms in total. The molecule has 0 saturated heterocycles. The number of hydrogen-bond donors (Lipinski definition) is 4. The number of aromatic amines is 1. The average molecular weight is 573 g/mol. The number of imidazole rings is 1. The lowest BCUT2D eigenvalue weighted by molar-refractivity contribution is 0.0696. The van der Waals surface area contributed by atoms with Gasteiger partial charge in [0, 0.05) is 33.3 Å². The Kier molecular flexibility index (Phi) is 7.34. The monoisotopic (exact) mass is 572 g/mol. The number of carboxylic acids is 1. The van der Waals surface area contributed by atoms with Gasteiger partial charge in [-0.3, -0.25) is 9.97 Å². The summed E-state index contributed by atoms with van der Waals surface area (Å²) in [7, 11) is 0. The van der Waals surface area contributed by atoms with Gasteiger partial charge in [-0.05, 0) is 71.4 Å². The van der Waals surface area contributed by atoms with E-state index in [2.05, 4.69) is 31.2 Å². The molecular formula is C28H25BrN6O3. The molecule has 0 bridgehead atoms. The van der Waals surface area contributed by atoms with E-state index in [1.165, 1.54) is 0 Å². The summed E-state index contributed by atoms with van der Waals surface area (Å²) >= 11 is 3.28. The molecule has 0 radical (unpaired) electrons. The Bertz CT molecular complexity index is 1630. The number of hydrogen-bond acceptors (Lipinski definition) is 7. The second kappa shape index (κ2) is 11.0. The second-order valence-electron chi connectivity index (χ2n) is 8.64. The van der Waals surface area contributed by atoms with Crippen LogP contribution in [0.5, 0.6) is 5.75 Å². The highest BCUT2D eigenvalue weighted by atomic mass is 79.9. The van der Waals surface area contributed by atoms with Crippen LogP contribution in [0.25, 0.3) is 33.5 Å². The van der Waals surface area contributed by atoms with Crippen LogP contribution in [0.3, 0.4) is 0 Å². The number of carbonyl (C=O) groups is 1. The van der Waals surface area contributed by atoms with Crippen LogP contribution < -0.4 is 15.8 Å². The number of ether oxygens (including phenoxy) is 1. The smallest absolute Gasteiger partial charge is 0.336 e. The largest absolute Gasteiger partial charge is 0.491 e. The van der Waals surface area contributed by atoms with Gasteiger partial charge >= 0.3 is 5.97 Å². The molecule has 0 saturated carbocycles. The molecule has 2 aromatic carbocycles. The summed E-state index contributed by atoms with van der Waals surface area (Å²) in [4.78, 5) is 29.0. The number of nitrogens with one attached hydrogen (secondary N) is 2. The minimum Gasteiger partial charge on any atom is -0.491 e. The Morgan fingerprint density at radius 3 is 2.79 bits per heavy atom. The van der Waals surface area contributed by atoms with E-state index in [0.717, 1.165) is 39.2 Å². The van der Waals surface area contributed by atoms with E-state index in [1.807, 2.05) is 55.5 Å². The molecule has 5 N–H and O–H groups in total. The van der Waals surface area contributed by atoms with Gasteiger partial charge in [-0.1, -0.05) is 12.1 Å². The van der Waals surface area contributed by atoms with Crippen molar-refractivity contribution in [3.05, 3.63) is 88.4 Å². The summed E-state index contributed by atoms with van der Waals surface area (Å²) in [5, 5.41) is 13.6. The number of nitrogens with zero attached hydrogens (tertiary/aromatic N) is 3.